The molecule has 3 aromatic rings. The first-order chi connectivity index (χ1) is 16.4. The van der Waals surface area contributed by atoms with Gasteiger partial charge in [0.25, 0.3) is 0 Å². The van der Waals surface area contributed by atoms with E-state index in [-0.39, 0.29) is 0 Å². The topological polar surface area (TPSA) is 80.7 Å². The van der Waals surface area contributed by atoms with Crippen molar-refractivity contribution in [2.75, 3.05) is 50.1 Å². The molecule has 2 heterocycles. The molecule has 8 nitrogen and oxygen atoms in total. The number of hydrogen-bond acceptors (Lipinski definition) is 5. The zero-order valence-electron chi connectivity index (χ0n) is 18.5. The molecule has 0 radical (unpaired) electrons. The van der Waals surface area contributed by atoms with Crippen LogP contribution < -0.4 is 15.4 Å². The highest BCUT2D eigenvalue weighted by Crippen LogP contribution is 2.36. The van der Waals surface area contributed by atoms with E-state index < -0.39 is 6.03 Å². The van der Waals surface area contributed by atoms with Crippen molar-refractivity contribution in [3.8, 4) is 17.0 Å². The van der Waals surface area contributed by atoms with E-state index in [0.29, 0.717) is 50.1 Å². The van der Waals surface area contributed by atoms with Gasteiger partial charge >= 0.3 is 6.03 Å². The number of urea groups is 1. The van der Waals surface area contributed by atoms with Crippen molar-refractivity contribution in [1.29, 1.82) is 0 Å². The zero-order chi connectivity index (χ0) is 24.1. The monoisotopic (exact) mass is 523 g/mol. The van der Waals surface area contributed by atoms with Gasteiger partial charge in [-0.1, -0.05) is 34.8 Å². The number of anilines is 2. The molecule has 0 aliphatic carbocycles. The molecule has 0 unspecified atom stereocenters. The smallest absolute Gasteiger partial charge is 0.323 e. The summed E-state index contributed by atoms with van der Waals surface area (Å²) in [6.45, 7) is 4.54. The predicted molar refractivity (Wildman–Crippen MR) is 136 cm³/mol. The summed E-state index contributed by atoms with van der Waals surface area (Å²) in [6, 6.07) is 9.77. The quantitative estimate of drug-likeness (QED) is 0.432. The fraction of sp³-hybridized carbons (Fsp3) is 0.304. The standard InChI is InChI=1S/C23H24Cl3N5O3/c1-30-22(19(26)14-27-30)17-13-16(28-23(32)29-20-4-2-15(24)12-18(20)25)3-5-21(17)34-11-8-31-6-9-33-10-7-31/h2-5,12-14H,6-11H2,1H3,(H2,28,29,32). The number of carbonyl (C=O) groups is 1. The Hall–Kier alpha value is -2.49. The van der Waals surface area contributed by atoms with E-state index in [1.54, 1.807) is 48.3 Å². The van der Waals surface area contributed by atoms with Gasteiger partial charge in [-0.3, -0.25) is 9.58 Å². The molecule has 1 fully saturated rings. The Morgan fingerprint density at radius 2 is 1.88 bits per heavy atom. The van der Waals surface area contributed by atoms with E-state index in [2.05, 4.69) is 20.6 Å². The van der Waals surface area contributed by atoms with E-state index in [1.165, 1.54) is 0 Å². The number of rotatable bonds is 7. The lowest BCUT2D eigenvalue weighted by molar-refractivity contribution is 0.0323. The van der Waals surface area contributed by atoms with E-state index in [4.69, 9.17) is 44.3 Å². The number of halogens is 3. The number of benzene rings is 2. The summed E-state index contributed by atoms with van der Waals surface area (Å²) < 4.78 is 13.2. The van der Waals surface area contributed by atoms with Crippen LogP contribution in [0.15, 0.2) is 42.6 Å². The average molecular weight is 525 g/mol. The van der Waals surface area contributed by atoms with Crippen LogP contribution in [0, 0.1) is 0 Å². The van der Waals surface area contributed by atoms with Crippen LogP contribution in [-0.4, -0.2) is 60.2 Å². The molecule has 180 valence electrons. The van der Waals surface area contributed by atoms with E-state index in [1.807, 2.05) is 6.07 Å². The van der Waals surface area contributed by atoms with E-state index in [9.17, 15) is 4.79 Å². The van der Waals surface area contributed by atoms with Gasteiger partial charge in [0.15, 0.2) is 0 Å². The number of ether oxygens (including phenoxy) is 2. The Kier molecular flexibility index (Phi) is 8.18. The second-order valence-corrected chi connectivity index (χ2v) is 8.93. The van der Waals surface area contributed by atoms with Crippen LogP contribution in [0.25, 0.3) is 11.3 Å². The highest BCUT2D eigenvalue weighted by Gasteiger charge is 2.17. The molecule has 2 aromatic carbocycles. The fourth-order valence-electron chi connectivity index (χ4n) is 3.62. The highest BCUT2D eigenvalue weighted by atomic mass is 35.5. The third-order valence-electron chi connectivity index (χ3n) is 5.33. The van der Waals surface area contributed by atoms with Crippen LogP contribution in [0.4, 0.5) is 16.2 Å². The number of hydrogen-bond donors (Lipinski definition) is 2. The molecular weight excluding hydrogens is 501 g/mol. The summed E-state index contributed by atoms with van der Waals surface area (Å²) in [6.07, 6.45) is 1.57. The summed E-state index contributed by atoms with van der Waals surface area (Å²) in [7, 11) is 1.80. The van der Waals surface area contributed by atoms with Crippen LogP contribution in [-0.2, 0) is 11.8 Å². The summed E-state index contributed by atoms with van der Waals surface area (Å²) >= 11 is 18.5. The molecule has 1 aromatic heterocycles. The van der Waals surface area contributed by atoms with Crippen molar-refractivity contribution >= 4 is 52.2 Å². The summed E-state index contributed by atoms with van der Waals surface area (Å²) in [5.41, 5.74) is 2.40. The molecular formula is C23H24Cl3N5O3. The zero-order valence-corrected chi connectivity index (χ0v) is 20.8. The lowest BCUT2D eigenvalue weighted by atomic mass is 10.1. The van der Waals surface area contributed by atoms with E-state index >= 15 is 0 Å². The molecule has 0 saturated carbocycles. The molecule has 0 atom stereocenters. The highest BCUT2D eigenvalue weighted by molar-refractivity contribution is 6.36. The van der Waals surface area contributed by atoms with Gasteiger partial charge in [0.1, 0.15) is 12.4 Å². The molecule has 1 aliphatic rings. The minimum atomic E-state index is -0.452. The lowest BCUT2D eigenvalue weighted by Crippen LogP contribution is -2.38. The molecule has 11 heteroatoms. The number of amides is 2. The van der Waals surface area contributed by atoms with Gasteiger partial charge in [-0.05, 0) is 36.4 Å². The molecule has 2 N–H and O–H groups in total. The average Bonchev–Trinajstić information content (AvgIpc) is 3.15. The van der Waals surface area contributed by atoms with Crippen molar-refractivity contribution < 1.29 is 14.3 Å². The van der Waals surface area contributed by atoms with Crippen LogP contribution in [0.3, 0.4) is 0 Å². The van der Waals surface area contributed by atoms with E-state index in [0.717, 1.165) is 32.8 Å². The molecule has 0 spiro atoms. The van der Waals surface area contributed by atoms with Crippen molar-refractivity contribution in [3.05, 3.63) is 57.7 Å². The molecule has 1 saturated heterocycles. The van der Waals surface area contributed by atoms with Crippen LogP contribution >= 0.6 is 34.8 Å². The number of morpholine rings is 1. The van der Waals surface area contributed by atoms with Crippen molar-refractivity contribution in [2.24, 2.45) is 7.05 Å². The SMILES string of the molecule is Cn1ncc(Cl)c1-c1cc(NC(=O)Nc2ccc(Cl)cc2Cl)ccc1OCCN1CCOCC1. The largest absolute Gasteiger partial charge is 0.492 e. The maximum Gasteiger partial charge on any atom is 0.323 e. The Morgan fingerprint density at radius 1 is 1.09 bits per heavy atom. The maximum absolute atomic E-state index is 12.6. The number of carbonyl (C=O) groups excluding carboxylic acids is 1. The molecule has 4 rings (SSSR count). The van der Waals surface area contributed by atoms with Gasteiger partial charge in [0, 0.05) is 43.0 Å². The molecule has 1 aliphatic heterocycles. The third kappa shape index (κ3) is 6.14. The minimum absolute atomic E-state index is 0.342. The van der Waals surface area contributed by atoms with Crippen LogP contribution in [0.5, 0.6) is 5.75 Å². The minimum Gasteiger partial charge on any atom is -0.492 e. The lowest BCUT2D eigenvalue weighted by Gasteiger charge is -2.26. The van der Waals surface area contributed by atoms with Crippen molar-refractivity contribution in [3.63, 3.8) is 0 Å². The van der Waals surface area contributed by atoms with Gasteiger partial charge in [0.2, 0.25) is 0 Å². The number of aromatic nitrogens is 2. The number of nitrogens with zero attached hydrogens (tertiary/aromatic N) is 3. The first-order valence-corrected chi connectivity index (χ1v) is 11.8. The summed E-state index contributed by atoms with van der Waals surface area (Å²) in [4.78, 5) is 14.9. The number of aryl methyl sites for hydroxylation is 1. The van der Waals surface area contributed by atoms with Crippen LogP contribution in [0.2, 0.25) is 15.1 Å². The maximum atomic E-state index is 12.6. The van der Waals surface area contributed by atoms with Crippen molar-refractivity contribution in [2.45, 2.75) is 0 Å². The molecule has 2 amide bonds. The fourth-order valence-corrected chi connectivity index (χ4v) is 4.34. The second kappa shape index (κ2) is 11.3. The van der Waals surface area contributed by atoms with Gasteiger partial charge in [-0.15, -0.1) is 0 Å². The first kappa shape index (κ1) is 24.6. The molecule has 0 bridgehead atoms. The van der Waals surface area contributed by atoms with Gasteiger partial charge < -0.3 is 20.1 Å². The normalized spacial score (nSPS) is 14.1. The summed E-state index contributed by atoms with van der Waals surface area (Å²) in [5, 5.41) is 11.1. The van der Waals surface area contributed by atoms with Gasteiger partial charge in [0.05, 0.1) is 40.8 Å². The Morgan fingerprint density at radius 3 is 2.59 bits per heavy atom. The second-order valence-electron chi connectivity index (χ2n) is 7.68. The van der Waals surface area contributed by atoms with Crippen molar-refractivity contribution in [1.82, 2.24) is 14.7 Å². The Labute approximate surface area is 212 Å². The molecule has 34 heavy (non-hydrogen) atoms. The third-order valence-corrected chi connectivity index (χ3v) is 6.16. The van der Waals surface area contributed by atoms with Gasteiger partial charge in [-0.25, -0.2) is 4.79 Å². The predicted octanol–water partition coefficient (Wildman–Crippen LogP) is 5.40. The number of nitrogens with one attached hydrogen (secondary N) is 2. The Bertz CT molecular complexity index is 1150. The summed E-state index contributed by atoms with van der Waals surface area (Å²) in [5.74, 6) is 0.644. The first-order valence-electron chi connectivity index (χ1n) is 10.7. The van der Waals surface area contributed by atoms with Crippen LogP contribution in [0.1, 0.15) is 0 Å². The van der Waals surface area contributed by atoms with Gasteiger partial charge in [-0.2, -0.15) is 5.10 Å². The Balaban J connectivity index is 1.51.